The molecule has 0 radical (unpaired) electrons. The fourth-order valence-electron chi connectivity index (χ4n) is 1.85. The second-order valence-corrected chi connectivity index (χ2v) is 7.64. The van der Waals surface area contributed by atoms with Crippen molar-refractivity contribution in [1.29, 1.82) is 0 Å². The molecule has 0 unspecified atom stereocenters. The van der Waals surface area contributed by atoms with Gasteiger partial charge in [-0.2, -0.15) is 5.10 Å². The minimum absolute atomic E-state index is 0.0846. The van der Waals surface area contributed by atoms with E-state index in [1.807, 2.05) is 0 Å². The summed E-state index contributed by atoms with van der Waals surface area (Å²) in [5.74, 6) is -0.993. The smallest absolute Gasteiger partial charge is 0.308 e. The third-order valence-electron chi connectivity index (χ3n) is 2.97. The lowest BCUT2D eigenvalue weighted by molar-refractivity contribution is -0.136. The Labute approximate surface area is 126 Å². The highest BCUT2D eigenvalue weighted by atomic mass is 32.2. The van der Waals surface area contributed by atoms with E-state index in [1.165, 1.54) is 12.1 Å². The Hall–Kier alpha value is -1.87. The summed E-state index contributed by atoms with van der Waals surface area (Å²) in [5.41, 5.74) is 1.74. The standard InChI is InChI=1S/C12H15N3O4S2/c1-7-12(8(2)15(3)13-7)14-21(18,19)11-5-4-9(20-11)6-10(16)17/h4-5,14H,6H2,1-3H3,(H,16,17). The molecule has 114 valence electrons. The van der Waals surface area contributed by atoms with Crippen molar-refractivity contribution >= 4 is 33.0 Å². The van der Waals surface area contributed by atoms with E-state index in [0.29, 0.717) is 22.0 Å². The summed E-state index contributed by atoms with van der Waals surface area (Å²) < 4.78 is 28.8. The van der Waals surface area contributed by atoms with E-state index in [9.17, 15) is 13.2 Å². The average molecular weight is 329 g/mol. The molecule has 0 bridgehead atoms. The molecule has 2 heterocycles. The Morgan fingerprint density at radius 3 is 2.62 bits per heavy atom. The van der Waals surface area contributed by atoms with Crippen molar-refractivity contribution in [2.24, 2.45) is 7.05 Å². The molecule has 9 heteroatoms. The first kappa shape index (κ1) is 15.5. The molecule has 2 aromatic rings. The largest absolute Gasteiger partial charge is 0.481 e. The molecule has 0 aliphatic rings. The average Bonchev–Trinajstić information content (AvgIpc) is 2.90. The first-order valence-electron chi connectivity index (χ1n) is 6.04. The van der Waals surface area contributed by atoms with Crippen LogP contribution in [0.4, 0.5) is 5.69 Å². The molecule has 0 aliphatic heterocycles. The van der Waals surface area contributed by atoms with Gasteiger partial charge in [-0.3, -0.25) is 14.2 Å². The molecular weight excluding hydrogens is 314 g/mol. The molecule has 0 amide bonds. The predicted octanol–water partition coefficient (Wildman–Crippen LogP) is 1.53. The molecule has 0 aliphatic carbocycles. The van der Waals surface area contributed by atoms with Crippen LogP contribution in [0.15, 0.2) is 16.3 Å². The van der Waals surface area contributed by atoms with Gasteiger partial charge in [0.05, 0.1) is 23.5 Å². The number of nitrogens with one attached hydrogen (secondary N) is 1. The number of aromatic nitrogens is 2. The van der Waals surface area contributed by atoms with Crippen molar-refractivity contribution in [1.82, 2.24) is 9.78 Å². The number of nitrogens with zero attached hydrogens (tertiary/aromatic N) is 2. The lowest BCUT2D eigenvalue weighted by Crippen LogP contribution is -2.12. The minimum Gasteiger partial charge on any atom is -0.481 e. The van der Waals surface area contributed by atoms with Gasteiger partial charge in [-0.15, -0.1) is 11.3 Å². The van der Waals surface area contributed by atoms with Crippen molar-refractivity contribution in [3.63, 3.8) is 0 Å². The molecule has 0 fully saturated rings. The highest BCUT2D eigenvalue weighted by molar-refractivity contribution is 7.94. The number of hydrogen-bond donors (Lipinski definition) is 2. The van der Waals surface area contributed by atoms with Gasteiger partial charge in [-0.25, -0.2) is 8.42 Å². The van der Waals surface area contributed by atoms with Crippen LogP contribution >= 0.6 is 11.3 Å². The highest BCUT2D eigenvalue weighted by Gasteiger charge is 2.21. The highest BCUT2D eigenvalue weighted by Crippen LogP contribution is 2.27. The van der Waals surface area contributed by atoms with Gasteiger partial charge in [0.15, 0.2) is 0 Å². The molecule has 0 atom stereocenters. The number of aryl methyl sites for hydroxylation is 2. The van der Waals surface area contributed by atoms with E-state index in [4.69, 9.17) is 5.11 Å². The SMILES string of the molecule is Cc1nn(C)c(C)c1NS(=O)(=O)c1ccc(CC(=O)O)s1. The number of carboxylic acid groups (broad SMARTS) is 1. The Kier molecular flexibility index (Phi) is 4.06. The van der Waals surface area contributed by atoms with E-state index in [2.05, 4.69) is 9.82 Å². The Bertz CT molecular complexity index is 790. The number of thiophene rings is 1. The fraction of sp³-hybridized carbons (Fsp3) is 0.333. The van der Waals surface area contributed by atoms with Crippen LogP contribution in [0.1, 0.15) is 16.3 Å². The van der Waals surface area contributed by atoms with E-state index in [-0.39, 0.29) is 10.6 Å². The molecule has 7 nitrogen and oxygen atoms in total. The second-order valence-electron chi connectivity index (χ2n) is 4.57. The quantitative estimate of drug-likeness (QED) is 0.866. The molecular formula is C12H15N3O4S2. The number of rotatable bonds is 5. The van der Waals surface area contributed by atoms with Crippen LogP contribution in [0.2, 0.25) is 0 Å². The van der Waals surface area contributed by atoms with Crippen molar-refractivity contribution < 1.29 is 18.3 Å². The maximum absolute atomic E-state index is 12.3. The molecule has 21 heavy (non-hydrogen) atoms. The van der Waals surface area contributed by atoms with Gasteiger partial charge >= 0.3 is 5.97 Å². The molecule has 0 saturated heterocycles. The second kappa shape index (κ2) is 5.49. The number of aliphatic carboxylic acids is 1. The van der Waals surface area contributed by atoms with Gasteiger partial charge in [0.25, 0.3) is 10.0 Å². The van der Waals surface area contributed by atoms with E-state index in [1.54, 1.807) is 25.6 Å². The van der Waals surface area contributed by atoms with Crippen molar-refractivity contribution in [2.45, 2.75) is 24.5 Å². The predicted molar refractivity (Wildman–Crippen MR) is 79.1 cm³/mol. The first-order valence-corrected chi connectivity index (χ1v) is 8.34. The molecule has 0 spiro atoms. The number of hydrogen-bond acceptors (Lipinski definition) is 5. The zero-order chi connectivity index (χ0) is 15.8. The number of anilines is 1. The topological polar surface area (TPSA) is 101 Å². The minimum atomic E-state index is -3.74. The van der Waals surface area contributed by atoms with Gasteiger partial charge < -0.3 is 5.11 Å². The van der Waals surface area contributed by atoms with E-state index >= 15 is 0 Å². The molecule has 0 aromatic carbocycles. The lowest BCUT2D eigenvalue weighted by atomic mass is 10.3. The van der Waals surface area contributed by atoms with Gasteiger partial charge in [0.1, 0.15) is 4.21 Å². The van der Waals surface area contributed by atoms with E-state index < -0.39 is 16.0 Å². The van der Waals surface area contributed by atoms with Crippen LogP contribution in [0.5, 0.6) is 0 Å². The van der Waals surface area contributed by atoms with E-state index in [0.717, 1.165) is 11.3 Å². The summed E-state index contributed by atoms with van der Waals surface area (Å²) in [6.07, 6.45) is -0.189. The third kappa shape index (κ3) is 3.24. The Morgan fingerprint density at radius 1 is 1.43 bits per heavy atom. The number of carboxylic acids is 1. The van der Waals surface area contributed by atoms with Gasteiger partial charge in [0.2, 0.25) is 0 Å². The Balaban J connectivity index is 2.30. The molecule has 2 N–H and O–H groups in total. The molecule has 2 aromatic heterocycles. The summed E-state index contributed by atoms with van der Waals surface area (Å²) >= 11 is 0.947. The summed E-state index contributed by atoms with van der Waals surface area (Å²) in [4.78, 5) is 11.1. The Morgan fingerprint density at radius 2 is 2.10 bits per heavy atom. The number of carbonyl (C=O) groups is 1. The van der Waals surface area contributed by atoms with Crippen molar-refractivity contribution in [3.8, 4) is 0 Å². The maximum Gasteiger partial charge on any atom is 0.308 e. The number of sulfonamides is 1. The van der Waals surface area contributed by atoms with Gasteiger partial charge in [-0.1, -0.05) is 0 Å². The first-order chi connectivity index (χ1) is 9.70. The normalized spacial score (nSPS) is 11.6. The maximum atomic E-state index is 12.3. The van der Waals surface area contributed by atoms with Crippen LogP contribution in [0, 0.1) is 13.8 Å². The zero-order valence-electron chi connectivity index (χ0n) is 11.7. The monoisotopic (exact) mass is 329 g/mol. The molecule has 2 rings (SSSR count). The molecule has 0 saturated carbocycles. The van der Waals surface area contributed by atoms with Crippen LogP contribution in [0.25, 0.3) is 0 Å². The zero-order valence-corrected chi connectivity index (χ0v) is 13.4. The van der Waals surface area contributed by atoms with Gasteiger partial charge in [0, 0.05) is 11.9 Å². The fourth-order valence-corrected chi connectivity index (χ4v) is 4.38. The third-order valence-corrected chi connectivity index (χ3v) is 5.90. The lowest BCUT2D eigenvalue weighted by Gasteiger charge is -2.06. The van der Waals surface area contributed by atoms with Crippen LogP contribution in [-0.4, -0.2) is 29.3 Å². The summed E-state index contributed by atoms with van der Waals surface area (Å²) in [6, 6.07) is 2.92. The van der Waals surface area contributed by atoms with Crippen molar-refractivity contribution in [3.05, 3.63) is 28.4 Å². The van der Waals surface area contributed by atoms with Crippen molar-refractivity contribution in [2.75, 3.05) is 4.72 Å². The van der Waals surface area contributed by atoms with Gasteiger partial charge in [-0.05, 0) is 26.0 Å². The van der Waals surface area contributed by atoms with Crippen LogP contribution in [0.3, 0.4) is 0 Å². The summed E-state index contributed by atoms with van der Waals surface area (Å²) in [7, 11) is -2.01. The van der Waals surface area contributed by atoms with Crippen LogP contribution < -0.4 is 4.72 Å². The summed E-state index contributed by atoms with van der Waals surface area (Å²) in [5, 5.41) is 12.9. The summed E-state index contributed by atoms with van der Waals surface area (Å²) in [6.45, 7) is 3.48. The van der Waals surface area contributed by atoms with Crippen LogP contribution in [-0.2, 0) is 28.3 Å².